The summed E-state index contributed by atoms with van der Waals surface area (Å²) in [6.45, 7) is 2.25. The van der Waals surface area contributed by atoms with Crippen LogP contribution in [-0.4, -0.2) is 17.6 Å². The normalized spacial score (nSPS) is 18.9. The second kappa shape index (κ2) is 4.69. The number of allylic oxidation sites excluding steroid dienone is 1. The van der Waals surface area contributed by atoms with Crippen LogP contribution in [0.4, 0.5) is 4.79 Å². The molecule has 1 aromatic rings. The molecule has 0 aromatic heterocycles. The Labute approximate surface area is 94.6 Å². The number of benzene rings is 1. The molecule has 1 heterocycles. The molecule has 0 N–H and O–H groups in total. The van der Waals surface area contributed by atoms with E-state index < -0.39 is 0 Å². The van der Waals surface area contributed by atoms with E-state index in [9.17, 15) is 4.79 Å². The highest BCUT2D eigenvalue weighted by Crippen LogP contribution is 2.27. The summed E-state index contributed by atoms with van der Waals surface area (Å²) in [6, 6.07) is 9.80. The van der Waals surface area contributed by atoms with Gasteiger partial charge < -0.3 is 4.74 Å². The topological polar surface area (TPSA) is 29.5 Å². The van der Waals surface area contributed by atoms with E-state index in [-0.39, 0.29) is 12.1 Å². The Hall–Kier alpha value is -1.99. The molecule has 0 radical (unpaired) electrons. The molecule has 3 heteroatoms. The monoisotopic (exact) mass is 215 g/mol. The summed E-state index contributed by atoms with van der Waals surface area (Å²) in [5.41, 5.74) is 3.97. The molecule has 0 unspecified atom stereocenters. The fourth-order valence-electron chi connectivity index (χ4n) is 1.66. The van der Waals surface area contributed by atoms with Crippen molar-refractivity contribution in [1.82, 2.24) is 4.90 Å². The van der Waals surface area contributed by atoms with Gasteiger partial charge in [-0.1, -0.05) is 30.3 Å². The molecule has 16 heavy (non-hydrogen) atoms. The fraction of sp³-hybridized carbons (Fsp3) is 0.231. The Morgan fingerprint density at radius 2 is 2.19 bits per heavy atom. The summed E-state index contributed by atoms with van der Waals surface area (Å²) >= 11 is 0. The lowest BCUT2D eigenvalue weighted by Crippen LogP contribution is -2.21. The van der Waals surface area contributed by atoms with Crippen LogP contribution in [0.25, 0.3) is 0 Å². The van der Waals surface area contributed by atoms with Crippen LogP contribution < -0.4 is 0 Å². The van der Waals surface area contributed by atoms with Gasteiger partial charge in [-0.3, -0.25) is 4.90 Å². The van der Waals surface area contributed by atoms with Crippen LogP contribution in [0, 0.1) is 0 Å². The zero-order chi connectivity index (χ0) is 11.4. The first-order chi connectivity index (χ1) is 7.83. The third-order valence-electron chi connectivity index (χ3n) is 2.48. The number of ether oxygens (including phenoxy) is 1. The van der Waals surface area contributed by atoms with E-state index in [0.717, 1.165) is 5.56 Å². The lowest BCUT2D eigenvalue weighted by molar-refractivity contribution is 0.166. The van der Waals surface area contributed by atoms with Gasteiger partial charge in [0, 0.05) is 0 Å². The molecule has 1 aromatic carbocycles. The minimum atomic E-state index is -0.316. The van der Waals surface area contributed by atoms with Gasteiger partial charge in [-0.2, -0.15) is 0 Å². The molecule has 3 nitrogen and oxygen atoms in total. The zero-order valence-corrected chi connectivity index (χ0v) is 9.09. The molecule has 0 aliphatic carbocycles. The van der Waals surface area contributed by atoms with Crippen LogP contribution in [0.5, 0.6) is 0 Å². The summed E-state index contributed by atoms with van der Waals surface area (Å²) in [5.74, 6) is 0. The van der Waals surface area contributed by atoms with Gasteiger partial charge >= 0.3 is 6.09 Å². The van der Waals surface area contributed by atoms with Gasteiger partial charge in [-0.15, -0.1) is 5.73 Å². The Balaban J connectivity index is 2.28. The molecule has 1 atom stereocenters. The SMILES string of the molecule is CC=C=CN1C(=O)OC[C@H]1c1ccccc1. The van der Waals surface area contributed by atoms with Crippen LogP contribution in [0.2, 0.25) is 0 Å². The summed E-state index contributed by atoms with van der Waals surface area (Å²) < 4.78 is 5.03. The summed E-state index contributed by atoms with van der Waals surface area (Å²) in [4.78, 5) is 13.0. The van der Waals surface area contributed by atoms with Crippen molar-refractivity contribution in [2.45, 2.75) is 13.0 Å². The zero-order valence-electron chi connectivity index (χ0n) is 9.09. The molecule has 82 valence electrons. The predicted octanol–water partition coefficient (Wildman–Crippen LogP) is 2.87. The van der Waals surface area contributed by atoms with E-state index in [1.807, 2.05) is 37.3 Å². The molecule has 0 bridgehead atoms. The Kier molecular flexibility index (Phi) is 3.08. The Morgan fingerprint density at radius 3 is 2.88 bits per heavy atom. The van der Waals surface area contributed by atoms with Crippen LogP contribution in [-0.2, 0) is 4.74 Å². The van der Waals surface area contributed by atoms with Gasteiger partial charge in [0.1, 0.15) is 6.61 Å². The highest BCUT2D eigenvalue weighted by molar-refractivity contribution is 5.71. The summed E-state index contributed by atoms with van der Waals surface area (Å²) in [6.07, 6.45) is 3.07. The summed E-state index contributed by atoms with van der Waals surface area (Å²) in [5, 5.41) is 0. The highest BCUT2D eigenvalue weighted by Gasteiger charge is 2.32. The Morgan fingerprint density at radius 1 is 1.44 bits per heavy atom. The maximum atomic E-state index is 11.5. The first-order valence-corrected chi connectivity index (χ1v) is 5.20. The Bertz CT molecular complexity index is 433. The highest BCUT2D eigenvalue weighted by atomic mass is 16.6. The van der Waals surface area contributed by atoms with Gasteiger partial charge in [-0.25, -0.2) is 4.79 Å². The third-order valence-corrected chi connectivity index (χ3v) is 2.48. The third kappa shape index (κ3) is 2.00. The molecule has 1 saturated heterocycles. The van der Waals surface area contributed by atoms with E-state index >= 15 is 0 Å². The minimum absolute atomic E-state index is 0.0406. The maximum absolute atomic E-state index is 11.5. The first kappa shape index (κ1) is 10.5. The number of cyclic esters (lactones) is 1. The fourth-order valence-corrected chi connectivity index (χ4v) is 1.66. The molecule has 0 saturated carbocycles. The molecular weight excluding hydrogens is 202 g/mol. The number of hydrogen-bond donors (Lipinski definition) is 0. The lowest BCUT2D eigenvalue weighted by atomic mass is 10.1. The van der Waals surface area contributed by atoms with Crippen LogP contribution in [0.1, 0.15) is 18.5 Å². The maximum Gasteiger partial charge on any atom is 0.415 e. The van der Waals surface area contributed by atoms with Crippen molar-refractivity contribution in [1.29, 1.82) is 0 Å². The second-order valence-electron chi connectivity index (χ2n) is 3.50. The molecule has 1 amide bonds. The van der Waals surface area contributed by atoms with E-state index in [0.29, 0.717) is 6.61 Å². The van der Waals surface area contributed by atoms with Gasteiger partial charge in [0.05, 0.1) is 12.2 Å². The van der Waals surface area contributed by atoms with Crippen molar-refractivity contribution >= 4 is 6.09 Å². The van der Waals surface area contributed by atoms with Crippen LogP contribution in [0.3, 0.4) is 0 Å². The van der Waals surface area contributed by atoms with Crippen molar-refractivity contribution in [3.63, 3.8) is 0 Å². The lowest BCUT2D eigenvalue weighted by Gasteiger charge is -2.16. The number of nitrogens with zero attached hydrogens (tertiary/aromatic N) is 1. The number of carbonyl (C=O) groups excluding carboxylic acids is 1. The number of hydrogen-bond acceptors (Lipinski definition) is 2. The van der Waals surface area contributed by atoms with Crippen molar-refractivity contribution in [2.75, 3.05) is 6.61 Å². The van der Waals surface area contributed by atoms with Crippen LogP contribution >= 0.6 is 0 Å². The average molecular weight is 215 g/mol. The van der Waals surface area contributed by atoms with Gasteiger partial charge in [0.15, 0.2) is 0 Å². The average Bonchev–Trinajstić information content (AvgIpc) is 2.69. The van der Waals surface area contributed by atoms with Gasteiger partial charge in [0.25, 0.3) is 0 Å². The van der Waals surface area contributed by atoms with E-state index in [1.54, 1.807) is 17.2 Å². The smallest absolute Gasteiger partial charge is 0.415 e. The van der Waals surface area contributed by atoms with Crippen molar-refractivity contribution in [3.05, 3.63) is 53.9 Å². The van der Waals surface area contributed by atoms with E-state index in [1.165, 1.54) is 0 Å². The molecule has 1 aliphatic rings. The van der Waals surface area contributed by atoms with Gasteiger partial charge in [0.2, 0.25) is 0 Å². The molecule has 1 aliphatic heterocycles. The standard InChI is InChI=1S/C13H13NO2/c1-2-3-9-14-12(10-16-13(14)15)11-7-5-4-6-8-11/h2,4-9,12H,10H2,1H3/t3?,12-/m0/s1. The minimum Gasteiger partial charge on any atom is -0.447 e. The van der Waals surface area contributed by atoms with Crippen molar-refractivity contribution in [3.8, 4) is 0 Å². The quantitative estimate of drug-likeness (QED) is 0.710. The number of carbonyl (C=O) groups is 1. The first-order valence-electron chi connectivity index (χ1n) is 5.20. The second-order valence-corrected chi connectivity index (χ2v) is 3.50. The predicted molar refractivity (Wildman–Crippen MR) is 60.7 cm³/mol. The largest absolute Gasteiger partial charge is 0.447 e. The molecule has 2 rings (SSSR count). The summed E-state index contributed by atoms with van der Waals surface area (Å²) in [7, 11) is 0. The molecule has 1 fully saturated rings. The number of amides is 1. The van der Waals surface area contributed by atoms with Crippen molar-refractivity contribution < 1.29 is 9.53 Å². The van der Waals surface area contributed by atoms with E-state index in [4.69, 9.17) is 4.74 Å². The van der Waals surface area contributed by atoms with Crippen LogP contribution in [0.15, 0.2) is 48.3 Å². The number of rotatable bonds is 2. The molecular formula is C13H13NO2. The van der Waals surface area contributed by atoms with Gasteiger partial charge in [-0.05, 0) is 18.6 Å². The molecule has 0 spiro atoms. The van der Waals surface area contributed by atoms with Crippen molar-refractivity contribution in [2.24, 2.45) is 0 Å². The van der Waals surface area contributed by atoms with E-state index in [2.05, 4.69) is 5.73 Å².